The molecule has 0 spiro atoms. The summed E-state index contributed by atoms with van der Waals surface area (Å²) in [4.78, 5) is 9.95. The zero-order valence-corrected chi connectivity index (χ0v) is 23.1. The Morgan fingerprint density at radius 3 is 2.15 bits per heavy atom. The van der Waals surface area contributed by atoms with Gasteiger partial charge in [-0.05, 0) is 71.1 Å². The fourth-order valence-electron chi connectivity index (χ4n) is 5.35. The third kappa shape index (κ3) is 4.26. The number of fused-ring (bicyclic) bond motifs is 3. The highest BCUT2D eigenvalue weighted by molar-refractivity contribution is 6.08. The molecule has 0 atom stereocenters. The topological polar surface area (TPSA) is 50.9 Å². The van der Waals surface area contributed by atoms with Crippen LogP contribution >= 0.6 is 0 Å². The van der Waals surface area contributed by atoms with Gasteiger partial charge in [0.15, 0.2) is 0 Å². The van der Waals surface area contributed by atoms with Gasteiger partial charge in [0.1, 0.15) is 11.4 Å². The van der Waals surface area contributed by atoms with Crippen LogP contribution in [0.4, 0.5) is 0 Å². The Labute approximate surface area is 229 Å². The molecular formula is C35H33N3O. The molecule has 6 aromatic rings. The molecule has 4 heteroatoms. The van der Waals surface area contributed by atoms with Gasteiger partial charge in [-0.1, -0.05) is 77.1 Å². The molecule has 3 aromatic carbocycles. The van der Waals surface area contributed by atoms with Crippen molar-refractivity contribution in [2.45, 2.75) is 45.4 Å². The molecule has 39 heavy (non-hydrogen) atoms. The summed E-state index contributed by atoms with van der Waals surface area (Å²) in [5, 5.41) is 13.0. The van der Waals surface area contributed by atoms with Crippen LogP contribution in [0.5, 0.6) is 5.75 Å². The molecule has 0 aliphatic heterocycles. The summed E-state index contributed by atoms with van der Waals surface area (Å²) in [6.07, 6.45) is 1.86. The van der Waals surface area contributed by atoms with Crippen molar-refractivity contribution in [3.63, 3.8) is 0 Å². The molecule has 194 valence electrons. The molecule has 0 aliphatic carbocycles. The predicted molar refractivity (Wildman–Crippen MR) is 161 cm³/mol. The molecule has 0 unspecified atom stereocenters. The van der Waals surface area contributed by atoms with Gasteiger partial charge in [0, 0.05) is 27.9 Å². The third-order valence-corrected chi connectivity index (χ3v) is 7.77. The number of nitrogens with zero attached hydrogens (tertiary/aromatic N) is 3. The van der Waals surface area contributed by atoms with Gasteiger partial charge in [-0.3, -0.25) is 9.55 Å². The Bertz CT molecular complexity index is 1820. The van der Waals surface area contributed by atoms with Crippen molar-refractivity contribution in [1.82, 2.24) is 14.5 Å². The van der Waals surface area contributed by atoms with E-state index in [1.165, 1.54) is 11.1 Å². The second-order valence-electron chi connectivity index (χ2n) is 11.8. The van der Waals surface area contributed by atoms with Crippen LogP contribution in [-0.2, 0) is 10.8 Å². The molecule has 0 amide bonds. The minimum Gasteiger partial charge on any atom is -0.506 e. The molecule has 6 rings (SSSR count). The monoisotopic (exact) mass is 511 g/mol. The van der Waals surface area contributed by atoms with E-state index < -0.39 is 0 Å². The second-order valence-corrected chi connectivity index (χ2v) is 11.8. The normalized spacial score (nSPS) is 12.3. The van der Waals surface area contributed by atoms with Crippen LogP contribution < -0.4 is 0 Å². The number of para-hydroxylation sites is 3. The van der Waals surface area contributed by atoms with E-state index in [0.717, 1.165) is 38.9 Å². The predicted octanol–water partition coefficient (Wildman–Crippen LogP) is 8.57. The van der Waals surface area contributed by atoms with E-state index in [0.29, 0.717) is 5.69 Å². The van der Waals surface area contributed by atoms with Crippen molar-refractivity contribution in [2.24, 2.45) is 0 Å². The summed E-state index contributed by atoms with van der Waals surface area (Å²) in [6.45, 7) is 11.2. The van der Waals surface area contributed by atoms with Crippen LogP contribution in [-0.4, -0.2) is 19.6 Å². The maximum atomic E-state index is 10.8. The van der Waals surface area contributed by atoms with Gasteiger partial charge in [-0.2, -0.15) is 0 Å². The highest BCUT2D eigenvalue weighted by Gasteiger charge is 2.28. The van der Waals surface area contributed by atoms with Gasteiger partial charge in [-0.25, -0.2) is 4.98 Å². The molecule has 0 radical (unpaired) electrons. The second kappa shape index (κ2) is 9.09. The number of phenolic OH excluding ortho intramolecular Hbond substituents is 1. The molecular weight excluding hydrogens is 478 g/mol. The van der Waals surface area contributed by atoms with Gasteiger partial charge < -0.3 is 5.11 Å². The van der Waals surface area contributed by atoms with Gasteiger partial charge in [0.25, 0.3) is 0 Å². The number of pyridine rings is 2. The van der Waals surface area contributed by atoms with Crippen molar-refractivity contribution in [1.29, 1.82) is 0 Å². The lowest BCUT2D eigenvalue weighted by Crippen LogP contribution is -2.22. The average molecular weight is 512 g/mol. The number of hydrogen-bond acceptors (Lipinski definition) is 3. The zero-order valence-electron chi connectivity index (χ0n) is 23.1. The number of aromatic nitrogens is 3. The van der Waals surface area contributed by atoms with E-state index in [-0.39, 0.29) is 16.6 Å². The molecule has 3 heterocycles. The van der Waals surface area contributed by atoms with Crippen LogP contribution in [0.2, 0.25) is 0 Å². The summed E-state index contributed by atoms with van der Waals surface area (Å²) < 4.78 is 2.07. The molecule has 0 aliphatic rings. The van der Waals surface area contributed by atoms with Crippen molar-refractivity contribution in [3.05, 3.63) is 120 Å². The number of hydrogen-bond donors (Lipinski definition) is 1. The first kappa shape index (κ1) is 24.9. The lowest BCUT2D eigenvalue weighted by atomic mass is 9.76. The Hall–Kier alpha value is -4.44. The Kier molecular flexibility index (Phi) is 5.80. The number of benzene rings is 3. The minimum absolute atomic E-state index is 0.0419. The third-order valence-electron chi connectivity index (χ3n) is 7.77. The molecule has 0 fully saturated rings. The SMILES string of the molecule is CC(C)(C)c1cc(-c2ccc3c4ccccc4n(-c4ccccc4O)c3n2)cc(C(C)(C)c2ccccn2)c1. The highest BCUT2D eigenvalue weighted by Crippen LogP contribution is 2.39. The van der Waals surface area contributed by atoms with Gasteiger partial charge in [-0.15, -0.1) is 0 Å². The first-order chi connectivity index (χ1) is 18.6. The highest BCUT2D eigenvalue weighted by atomic mass is 16.3. The Morgan fingerprint density at radius 1 is 0.692 bits per heavy atom. The molecule has 0 saturated heterocycles. The van der Waals surface area contributed by atoms with Crippen LogP contribution in [0, 0.1) is 0 Å². The summed E-state index contributed by atoms with van der Waals surface area (Å²) in [6, 6.07) is 32.9. The summed E-state index contributed by atoms with van der Waals surface area (Å²) in [7, 11) is 0. The first-order valence-electron chi connectivity index (χ1n) is 13.4. The van der Waals surface area contributed by atoms with E-state index in [1.54, 1.807) is 6.07 Å². The van der Waals surface area contributed by atoms with Crippen molar-refractivity contribution in [3.8, 4) is 22.7 Å². The fraction of sp³-hybridized carbons (Fsp3) is 0.200. The van der Waals surface area contributed by atoms with Gasteiger partial charge in [0.2, 0.25) is 0 Å². The smallest absolute Gasteiger partial charge is 0.146 e. The van der Waals surface area contributed by atoms with Gasteiger partial charge >= 0.3 is 0 Å². The summed E-state index contributed by atoms with van der Waals surface area (Å²) in [5.74, 6) is 0.224. The maximum absolute atomic E-state index is 10.8. The minimum atomic E-state index is -0.286. The summed E-state index contributed by atoms with van der Waals surface area (Å²) >= 11 is 0. The maximum Gasteiger partial charge on any atom is 0.146 e. The lowest BCUT2D eigenvalue weighted by molar-refractivity contribution is 0.473. The van der Waals surface area contributed by atoms with Crippen molar-refractivity contribution >= 4 is 21.9 Å². The van der Waals surface area contributed by atoms with Crippen LogP contribution in [0.1, 0.15) is 51.4 Å². The average Bonchev–Trinajstić information content (AvgIpc) is 3.26. The van der Waals surface area contributed by atoms with Crippen LogP contribution in [0.15, 0.2) is 103 Å². The summed E-state index contributed by atoms with van der Waals surface area (Å²) in [5.41, 5.74) is 7.67. The first-order valence-corrected chi connectivity index (χ1v) is 13.4. The molecule has 0 saturated carbocycles. The van der Waals surface area contributed by atoms with E-state index in [1.807, 2.05) is 48.7 Å². The van der Waals surface area contributed by atoms with Gasteiger partial charge in [0.05, 0.1) is 22.6 Å². The van der Waals surface area contributed by atoms with Crippen LogP contribution in [0.3, 0.4) is 0 Å². The van der Waals surface area contributed by atoms with E-state index in [2.05, 4.69) is 87.7 Å². The van der Waals surface area contributed by atoms with Crippen LogP contribution in [0.25, 0.3) is 38.9 Å². The number of rotatable bonds is 4. The molecule has 0 bridgehead atoms. The Balaban J connectivity index is 1.61. The number of aromatic hydroxyl groups is 1. The van der Waals surface area contributed by atoms with E-state index >= 15 is 0 Å². The molecule has 3 aromatic heterocycles. The molecule has 4 nitrogen and oxygen atoms in total. The fourth-order valence-corrected chi connectivity index (χ4v) is 5.35. The Morgan fingerprint density at radius 2 is 1.41 bits per heavy atom. The van der Waals surface area contributed by atoms with E-state index in [9.17, 15) is 5.11 Å². The number of phenols is 1. The molecule has 1 N–H and O–H groups in total. The largest absolute Gasteiger partial charge is 0.506 e. The zero-order chi connectivity index (χ0) is 27.4. The van der Waals surface area contributed by atoms with Crippen molar-refractivity contribution < 1.29 is 5.11 Å². The standard InChI is InChI=1S/C35H33N3O/c1-34(2,3)24-20-23(21-25(22-24)35(4,5)32-16-10-11-19-36-32)28-18-17-27-26-12-6-7-13-29(26)38(33(27)37-28)30-14-8-9-15-31(30)39/h6-22,39H,1-5H3. The quantitative estimate of drug-likeness (QED) is 0.258. The lowest BCUT2D eigenvalue weighted by Gasteiger charge is -2.29. The van der Waals surface area contributed by atoms with E-state index in [4.69, 9.17) is 9.97 Å². The van der Waals surface area contributed by atoms with Crippen molar-refractivity contribution in [2.75, 3.05) is 0 Å².